The van der Waals surface area contributed by atoms with E-state index in [-0.39, 0.29) is 0 Å². The molecule has 0 fully saturated rings. The summed E-state index contributed by atoms with van der Waals surface area (Å²) in [5, 5.41) is 2.11. The third kappa shape index (κ3) is 3.25. The molecule has 0 aromatic heterocycles. The van der Waals surface area contributed by atoms with E-state index in [4.69, 9.17) is 0 Å². The first kappa shape index (κ1) is 12.0. The Hall–Kier alpha value is -1.44. The third-order valence-electron chi connectivity index (χ3n) is 2.44. The first-order valence-corrected chi connectivity index (χ1v) is 9.44. The van der Waals surface area contributed by atoms with Gasteiger partial charge in [0.2, 0.25) is 0 Å². The van der Waals surface area contributed by atoms with Gasteiger partial charge in [0.1, 0.15) is 8.07 Å². The number of rotatable bonds is 2. The van der Waals surface area contributed by atoms with Crippen LogP contribution in [0.3, 0.4) is 0 Å². The predicted octanol–water partition coefficient (Wildman–Crippen LogP) is 2.61. The van der Waals surface area contributed by atoms with Crippen LogP contribution in [0.25, 0.3) is 0 Å². The number of para-hydroxylation sites is 2. The third-order valence-corrected chi connectivity index (χ3v) is 3.37. The summed E-state index contributed by atoms with van der Waals surface area (Å²) >= 11 is 0. The van der Waals surface area contributed by atoms with Crippen molar-refractivity contribution in [3.8, 4) is 11.5 Å². The van der Waals surface area contributed by atoms with Crippen molar-refractivity contribution < 1.29 is 0 Å². The van der Waals surface area contributed by atoms with Gasteiger partial charge < -0.3 is 5.43 Å². The number of benzene rings is 1. The minimum absolute atomic E-state index is 0.896. The number of fused-ring (bicyclic) bond motifs is 1. The van der Waals surface area contributed by atoms with Gasteiger partial charge in [0.25, 0.3) is 0 Å². The number of hydrazine groups is 2. The van der Waals surface area contributed by atoms with Crippen LogP contribution in [0.15, 0.2) is 24.3 Å². The average molecular weight is 245 g/mol. The van der Waals surface area contributed by atoms with Crippen LogP contribution < -0.4 is 16.0 Å². The summed E-state index contributed by atoms with van der Waals surface area (Å²) in [7, 11) is -1.22. The molecule has 0 radical (unpaired) electrons. The Morgan fingerprint density at radius 3 is 2.76 bits per heavy atom. The van der Waals surface area contributed by atoms with Gasteiger partial charge in [0, 0.05) is 13.0 Å². The maximum Gasteiger partial charge on any atom is 0.129 e. The highest BCUT2D eigenvalue weighted by Crippen LogP contribution is 2.27. The molecule has 1 aromatic carbocycles. The first-order valence-electron chi connectivity index (χ1n) is 5.94. The van der Waals surface area contributed by atoms with Crippen molar-refractivity contribution in [3.05, 3.63) is 24.3 Å². The summed E-state index contributed by atoms with van der Waals surface area (Å²) in [5.74, 6) is 3.29. The highest BCUT2D eigenvalue weighted by Gasteiger charge is 2.16. The number of anilines is 2. The molecule has 4 heteroatoms. The monoisotopic (exact) mass is 245 g/mol. The molecule has 0 saturated heterocycles. The predicted molar refractivity (Wildman–Crippen MR) is 76.3 cm³/mol. The Kier molecular flexibility index (Phi) is 3.41. The molecule has 0 unspecified atom stereocenters. The largest absolute Gasteiger partial charge is 0.302 e. The number of nitrogens with one attached hydrogen (secondary N) is 2. The highest BCUT2D eigenvalue weighted by molar-refractivity contribution is 6.83. The molecule has 90 valence electrons. The van der Waals surface area contributed by atoms with Gasteiger partial charge >= 0.3 is 0 Å². The first-order chi connectivity index (χ1) is 8.06. The smallest absolute Gasteiger partial charge is 0.129 e. The second-order valence-corrected chi connectivity index (χ2v) is 9.96. The highest BCUT2D eigenvalue weighted by atomic mass is 28.3. The molecule has 0 atom stereocenters. The number of hydrogen-bond donors (Lipinski definition) is 2. The number of nitrogens with zero attached hydrogens (tertiary/aromatic N) is 1. The normalized spacial score (nSPS) is 13.7. The van der Waals surface area contributed by atoms with Gasteiger partial charge in [-0.25, -0.2) is 0 Å². The Bertz CT molecular complexity index is 454. The lowest BCUT2D eigenvalue weighted by Crippen LogP contribution is -2.36. The van der Waals surface area contributed by atoms with Crippen LogP contribution in [0.2, 0.25) is 19.6 Å². The van der Waals surface area contributed by atoms with Crippen molar-refractivity contribution in [2.75, 3.05) is 17.0 Å². The minimum atomic E-state index is -1.22. The van der Waals surface area contributed by atoms with Crippen molar-refractivity contribution >= 4 is 19.4 Å². The molecule has 0 amide bonds. The zero-order valence-electron chi connectivity index (χ0n) is 10.7. The van der Waals surface area contributed by atoms with Crippen LogP contribution >= 0.6 is 0 Å². The lowest BCUT2D eigenvalue weighted by Gasteiger charge is -2.16. The molecule has 2 rings (SSSR count). The standard InChI is InChI=1S/C13H19N3Si/c1-17(2,3)11-7-6-10-16-13-9-5-4-8-12(13)14-15-16/h4-5,8-9,14-15H,6,10H2,1-3H3. The van der Waals surface area contributed by atoms with Gasteiger partial charge in [-0.15, -0.1) is 17.0 Å². The van der Waals surface area contributed by atoms with Crippen LogP contribution in [0.5, 0.6) is 0 Å². The van der Waals surface area contributed by atoms with Crippen LogP contribution in [-0.4, -0.2) is 14.6 Å². The van der Waals surface area contributed by atoms with E-state index in [1.54, 1.807) is 0 Å². The summed E-state index contributed by atoms with van der Waals surface area (Å²) in [6, 6.07) is 8.25. The fourth-order valence-corrected chi connectivity index (χ4v) is 2.33. The SMILES string of the molecule is C[Si](C)(C)C#CCCN1NNc2ccccc21. The molecule has 0 saturated carbocycles. The zero-order valence-corrected chi connectivity index (χ0v) is 11.7. The zero-order chi connectivity index (χ0) is 12.3. The van der Waals surface area contributed by atoms with Crippen molar-refractivity contribution in [1.29, 1.82) is 0 Å². The van der Waals surface area contributed by atoms with E-state index in [0.29, 0.717) is 0 Å². The van der Waals surface area contributed by atoms with Gasteiger partial charge in [0.05, 0.1) is 11.4 Å². The van der Waals surface area contributed by atoms with E-state index in [1.165, 1.54) is 5.69 Å². The molecule has 1 aliphatic heterocycles. The molecule has 1 heterocycles. The summed E-state index contributed by atoms with van der Waals surface area (Å²) in [6.45, 7) is 7.71. The fourth-order valence-electron chi connectivity index (χ4n) is 1.67. The quantitative estimate of drug-likeness (QED) is 0.619. The number of hydrogen-bond acceptors (Lipinski definition) is 3. The van der Waals surface area contributed by atoms with Crippen molar-refractivity contribution in [3.63, 3.8) is 0 Å². The molecule has 0 aliphatic carbocycles. The van der Waals surface area contributed by atoms with Gasteiger partial charge in [-0.05, 0) is 12.1 Å². The lowest BCUT2D eigenvalue weighted by atomic mass is 10.2. The Morgan fingerprint density at radius 1 is 1.24 bits per heavy atom. The lowest BCUT2D eigenvalue weighted by molar-refractivity contribution is 0.731. The van der Waals surface area contributed by atoms with Gasteiger partial charge in [-0.1, -0.05) is 31.8 Å². The van der Waals surface area contributed by atoms with Crippen molar-refractivity contribution in [2.24, 2.45) is 0 Å². The van der Waals surface area contributed by atoms with E-state index in [0.717, 1.165) is 18.7 Å². The van der Waals surface area contributed by atoms with E-state index in [2.05, 4.69) is 59.2 Å². The Labute approximate surface area is 104 Å². The molecule has 2 N–H and O–H groups in total. The summed E-state index contributed by atoms with van der Waals surface area (Å²) in [4.78, 5) is 0. The molecular formula is C13H19N3Si. The molecule has 17 heavy (non-hydrogen) atoms. The summed E-state index contributed by atoms with van der Waals surface area (Å²) < 4.78 is 0. The van der Waals surface area contributed by atoms with Gasteiger partial charge in [-0.2, -0.15) is 0 Å². The van der Waals surface area contributed by atoms with Gasteiger partial charge in [0.15, 0.2) is 0 Å². The maximum atomic E-state index is 3.38. The van der Waals surface area contributed by atoms with Crippen molar-refractivity contribution in [1.82, 2.24) is 5.53 Å². The fraction of sp³-hybridized carbons (Fsp3) is 0.385. The molecule has 0 spiro atoms. The minimum Gasteiger partial charge on any atom is -0.302 e. The van der Waals surface area contributed by atoms with Gasteiger partial charge in [-0.3, -0.25) is 5.01 Å². The second kappa shape index (κ2) is 4.82. The molecular weight excluding hydrogens is 226 g/mol. The Balaban J connectivity index is 1.92. The van der Waals surface area contributed by atoms with E-state index < -0.39 is 8.07 Å². The summed E-state index contributed by atoms with van der Waals surface area (Å²) in [6.07, 6.45) is 0.896. The van der Waals surface area contributed by atoms with E-state index in [9.17, 15) is 0 Å². The summed E-state index contributed by atoms with van der Waals surface area (Å²) in [5.41, 5.74) is 12.0. The van der Waals surface area contributed by atoms with E-state index >= 15 is 0 Å². The molecule has 0 bridgehead atoms. The van der Waals surface area contributed by atoms with Crippen LogP contribution in [0, 0.1) is 11.5 Å². The van der Waals surface area contributed by atoms with Crippen LogP contribution in [-0.2, 0) is 0 Å². The van der Waals surface area contributed by atoms with Crippen LogP contribution in [0.1, 0.15) is 6.42 Å². The molecule has 1 aromatic rings. The van der Waals surface area contributed by atoms with Crippen molar-refractivity contribution in [2.45, 2.75) is 26.1 Å². The molecule has 3 nitrogen and oxygen atoms in total. The maximum absolute atomic E-state index is 3.38. The second-order valence-electron chi connectivity index (χ2n) is 5.21. The van der Waals surface area contributed by atoms with Crippen LogP contribution in [0.4, 0.5) is 11.4 Å². The Morgan fingerprint density at radius 2 is 2.00 bits per heavy atom. The van der Waals surface area contributed by atoms with E-state index in [1.807, 2.05) is 12.1 Å². The topological polar surface area (TPSA) is 27.3 Å². The average Bonchev–Trinajstić information content (AvgIpc) is 2.67. The molecule has 1 aliphatic rings.